The second-order valence-electron chi connectivity index (χ2n) is 5.40. The molecule has 1 aromatic heterocycles. The van der Waals surface area contributed by atoms with Gasteiger partial charge in [-0.25, -0.2) is 4.98 Å². The molecule has 1 heterocycles. The first-order valence-corrected chi connectivity index (χ1v) is 7.44. The van der Waals surface area contributed by atoms with Gasteiger partial charge in [-0.3, -0.25) is 0 Å². The fraction of sp³-hybridized carbons (Fsp3) is 0.733. The second-order valence-corrected chi connectivity index (χ2v) is 5.40. The highest BCUT2D eigenvalue weighted by molar-refractivity contribution is 5.39. The molecular formula is C15H25N3O. The Labute approximate surface area is 116 Å². The fourth-order valence-corrected chi connectivity index (χ4v) is 2.82. The number of hydrogen-bond acceptors (Lipinski definition) is 4. The van der Waals surface area contributed by atoms with E-state index in [-0.39, 0.29) is 0 Å². The number of nitrogens with zero attached hydrogens (tertiary/aromatic N) is 2. The molecule has 19 heavy (non-hydrogen) atoms. The Morgan fingerprint density at radius 3 is 2.74 bits per heavy atom. The van der Waals surface area contributed by atoms with E-state index in [1.807, 2.05) is 19.9 Å². The van der Waals surface area contributed by atoms with Crippen LogP contribution in [-0.4, -0.2) is 22.6 Å². The Bertz CT molecular complexity index is 402. The number of anilines is 1. The number of nitrogens with one attached hydrogen (secondary N) is 1. The molecule has 1 aliphatic rings. The van der Waals surface area contributed by atoms with Gasteiger partial charge in [0.25, 0.3) is 0 Å². The van der Waals surface area contributed by atoms with Gasteiger partial charge < -0.3 is 10.1 Å². The molecular weight excluding hydrogens is 238 g/mol. The van der Waals surface area contributed by atoms with E-state index >= 15 is 0 Å². The molecule has 2 rings (SSSR count). The van der Waals surface area contributed by atoms with Crippen molar-refractivity contribution < 1.29 is 4.74 Å². The summed E-state index contributed by atoms with van der Waals surface area (Å²) in [5.41, 5.74) is 0. The van der Waals surface area contributed by atoms with Crippen LogP contribution in [0.1, 0.15) is 51.8 Å². The molecule has 0 spiro atoms. The van der Waals surface area contributed by atoms with E-state index in [9.17, 15) is 0 Å². The summed E-state index contributed by atoms with van der Waals surface area (Å²) >= 11 is 0. The predicted molar refractivity (Wildman–Crippen MR) is 77.6 cm³/mol. The van der Waals surface area contributed by atoms with Crippen LogP contribution in [0.5, 0.6) is 5.88 Å². The number of aryl methyl sites for hydroxylation is 1. The first-order chi connectivity index (χ1) is 9.19. The maximum Gasteiger partial charge on any atom is 0.218 e. The van der Waals surface area contributed by atoms with E-state index in [4.69, 9.17) is 4.74 Å². The molecule has 1 saturated carbocycles. The SMILES string of the molecule is CCOc1cc(NC(C)C2CCCCC2)nc(C)n1. The van der Waals surface area contributed by atoms with Crippen molar-refractivity contribution in [3.63, 3.8) is 0 Å². The summed E-state index contributed by atoms with van der Waals surface area (Å²) in [6.07, 6.45) is 6.78. The molecule has 1 atom stereocenters. The molecule has 4 heteroatoms. The lowest BCUT2D eigenvalue weighted by Gasteiger charge is -2.28. The summed E-state index contributed by atoms with van der Waals surface area (Å²) in [4.78, 5) is 8.72. The van der Waals surface area contributed by atoms with Crippen LogP contribution in [0.4, 0.5) is 5.82 Å². The monoisotopic (exact) mass is 263 g/mol. The summed E-state index contributed by atoms with van der Waals surface area (Å²) in [7, 11) is 0. The average Bonchev–Trinajstić information content (AvgIpc) is 2.39. The van der Waals surface area contributed by atoms with E-state index < -0.39 is 0 Å². The van der Waals surface area contributed by atoms with Gasteiger partial charge in [-0.15, -0.1) is 0 Å². The third-order valence-corrected chi connectivity index (χ3v) is 3.84. The van der Waals surface area contributed by atoms with Gasteiger partial charge in [-0.05, 0) is 39.5 Å². The molecule has 1 aliphatic carbocycles. The van der Waals surface area contributed by atoms with Crippen molar-refractivity contribution in [1.82, 2.24) is 9.97 Å². The second kappa shape index (κ2) is 6.73. The Balaban J connectivity index is 2.00. The minimum Gasteiger partial charge on any atom is -0.478 e. The van der Waals surface area contributed by atoms with Gasteiger partial charge in [-0.1, -0.05) is 19.3 Å². The maximum atomic E-state index is 5.46. The molecule has 0 radical (unpaired) electrons. The molecule has 4 nitrogen and oxygen atoms in total. The topological polar surface area (TPSA) is 47.0 Å². The zero-order chi connectivity index (χ0) is 13.7. The van der Waals surface area contributed by atoms with Crippen LogP contribution in [0.2, 0.25) is 0 Å². The quantitative estimate of drug-likeness (QED) is 0.882. The van der Waals surface area contributed by atoms with Crippen LogP contribution in [0, 0.1) is 12.8 Å². The average molecular weight is 263 g/mol. The van der Waals surface area contributed by atoms with Crippen molar-refractivity contribution in [3.05, 3.63) is 11.9 Å². The van der Waals surface area contributed by atoms with Crippen molar-refractivity contribution in [2.24, 2.45) is 5.92 Å². The molecule has 0 saturated heterocycles. The van der Waals surface area contributed by atoms with Crippen molar-refractivity contribution >= 4 is 5.82 Å². The van der Waals surface area contributed by atoms with Crippen LogP contribution in [0.3, 0.4) is 0 Å². The molecule has 106 valence electrons. The van der Waals surface area contributed by atoms with Crippen molar-refractivity contribution in [3.8, 4) is 5.88 Å². The number of hydrogen-bond donors (Lipinski definition) is 1. The molecule has 0 aliphatic heterocycles. The van der Waals surface area contributed by atoms with Crippen molar-refractivity contribution in [1.29, 1.82) is 0 Å². The van der Waals surface area contributed by atoms with Gasteiger partial charge in [0.1, 0.15) is 11.6 Å². The van der Waals surface area contributed by atoms with Gasteiger partial charge >= 0.3 is 0 Å². The van der Waals surface area contributed by atoms with Gasteiger partial charge in [0.15, 0.2) is 0 Å². The minimum atomic E-state index is 0.462. The lowest BCUT2D eigenvalue weighted by molar-refractivity contribution is 0.323. The normalized spacial score (nSPS) is 18.1. The van der Waals surface area contributed by atoms with Gasteiger partial charge in [-0.2, -0.15) is 4.98 Å². The van der Waals surface area contributed by atoms with E-state index in [2.05, 4.69) is 22.2 Å². The van der Waals surface area contributed by atoms with Crippen LogP contribution in [0.25, 0.3) is 0 Å². The lowest BCUT2D eigenvalue weighted by atomic mass is 9.84. The lowest BCUT2D eigenvalue weighted by Crippen LogP contribution is -2.28. The Morgan fingerprint density at radius 2 is 2.05 bits per heavy atom. The Hall–Kier alpha value is -1.32. The number of ether oxygens (including phenoxy) is 1. The fourth-order valence-electron chi connectivity index (χ4n) is 2.82. The van der Waals surface area contributed by atoms with Crippen LogP contribution in [-0.2, 0) is 0 Å². The summed E-state index contributed by atoms with van der Waals surface area (Å²) < 4.78 is 5.46. The maximum absolute atomic E-state index is 5.46. The first kappa shape index (κ1) is 14.1. The van der Waals surface area contributed by atoms with E-state index in [0.29, 0.717) is 18.5 Å². The van der Waals surface area contributed by atoms with E-state index in [1.165, 1.54) is 32.1 Å². The molecule has 0 amide bonds. The molecule has 0 bridgehead atoms. The first-order valence-electron chi connectivity index (χ1n) is 7.44. The number of rotatable bonds is 5. The number of aromatic nitrogens is 2. The summed E-state index contributed by atoms with van der Waals surface area (Å²) in [5, 5.41) is 3.52. The largest absolute Gasteiger partial charge is 0.478 e. The smallest absolute Gasteiger partial charge is 0.218 e. The highest BCUT2D eigenvalue weighted by atomic mass is 16.5. The highest BCUT2D eigenvalue weighted by Gasteiger charge is 2.20. The van der Waals surface area contributed by atoms with E-state index in [1.54, 1.807) is 0 Å². The predicted octanol–water partition coefficient (Wildman–Crippen LogP) is 3.56. The summed E-state index contributed by atoms with van der Waals surface area (Å²) in [5.74, 6) is 3.06. The molecule has 0 aromatic carbocycles. The van der Waals surface area contributed by atoms with Crippen LogP contribution in [0.15, 0.2) is 6.07 Å². The summed E-state index contributed by atoms with van der Waals surface area (Å²) in [6.45, 7) is 6.76. The Kier molecular flexibility index (Phi) is 5.00. The van der Waals surface area contributed by atoms with Crippen LogP contribution >= 0.6 is 0 Å². The van der Waals surface area contributed by atoms with Gasteiger partial charge in [0.05, 0.1) is 6.61 Å². The van der Waals surface area contributed by atoms with Gasteiger partial charge in [0, 0.05) is 12.1 Å². The zero-order valence-electron chi connectivity index (χ0n) is 12.3. The molecule has 1 aromatic rings. The Morgan fingerprint density at radius 1 is 1.32 bits per heavy atom. The third kappa shape index (κ3) is 4.08. The third-order valence-electron chi connectivity index (χ3n) is 3.84. The zero-order valence-corrected chi connectivity index (χ0v) is 12.3. The van der Waals surface area contributed by atoms with Crippen LogP contribution < -0.4 is 10.1 Å². The van der Waals surface area contributed by atoms with Gasteiger partial charge in [0.2, 0.25) is 5.88 Å². The molecule has 1 fully saturated rings. The standard InChI is InChI=1S/C15H25N3O/c1-4-19-15-10-14(17-12(3)18-15)16-11(2)13-8-6-5-7-9-13/h10-11,13H,4-9H2,1-3H3,(H,16,17,18). The van der Waals surface area contributed by atoms with Crippen molar-refractivity contribution in [2.45, 2.75) is 58.9 Å². The molecule has 1 N–H and O–H groups in total. The summed E-state index contributed by atoms with van der Waals surface area (Å²) in [6, 6.07) is 2.36. The molecule has 1 unspecified atom stereocenters. The highest BCUT2D eigenvalue weighted by Crippen LogP contribution is 2.28. The van der Waals surface area contributed by atoms with E-state index in [0.717, 1.165) is 17.6 Å². The minimum absolute atomic E-state index is 0.462. The van der Waals surface area contributed by atoms with Crippen molar-refractivity contribution in [2.75, 3.05) is 11.9 Å².